The molecule has 0 fully saturated rings. The van der Waals surface area contributed by atoms with E-state index in [1.807, 2.05) is 30.3 Å². The second-order valence-electron chi connectivity index (χ2n) is 2.75. The van der Waals surface area contributed by atoms with Crippen LogP contribution >= 0.6 is 0 Å². The molecule has 4 nitrogen and oxygen atoms in total. The Morgan fingerprint density at radius 1 is 1.21 bits per heavy atom. The Bertz CT molecular complexity index is 434. The average Bonchev–Trinajstić information content (AvgIpc) is 2.69. The first-order chi connectivity index (χ1) is 6.86. The SMILES string of the molecule is Nc1ccccc1/C=C/c1ncon1. The first-order valence-corrected chi connectivity index (χ1v) is 4.15. The Labute approximate surface area is 81.1 Å². The van der Waals surface area contributed by atoms with Gasteiger partial charge in [0.15, 0.2) is 5.82 Å². The zero-order valence-corrected chi connectivity index (χ0v) is 7.42. The van der Waals surface area contributed by atoms with Crippen molar-refractivity contribution >= 4 is 17.8 Å². The molecule has 0 atom stereocenters. The summed E-state index contributed by atoms with van der Waals surface area (Å²) in [5.74, 6) is 0.535. The highest BCUT2D eigenvalue weighted by atomic mass is 16.5. The topological polar surface area (TPSA) is 64.9 Å². The third-order valence-electron chi connectivity index (χ3n) is 1.79. The van der Waals surface area contributed by atoms with E-state index in [1.54, 1.807) is 6.08 Å². The lowest BCUT2D eigenvalue weighted by molar-refractivity contribution is 0.415. The van der Waals surface area contributed by atoms with E-state index < -0.39 is 0 Å². The van der Waals surface area contributed by atoms with E-state index in [9.17, 15) is 0 Å². The van der Waals surface area contributed by atoms with Crippen LogP contribution in [0.4, 0.5) is 5.69 Å². The van der Waals surface area contributed by atoms with E-state index in [2.05, 4.69) is 14.7 Å². The molecule has 0 saturated heterocycles. The van der Waals surface area contributed by atoms with Gasteiger partial charge in [0.2, 0.25) is 6.39 Å². The number of para-hydroxylation sites is 1. The molecule has 1 aromatic carbocycles. The third-order valence-corrected chi connectivity index (χ3v) is 1.79. The van der Waals surface area contributed by atoms with Crippen LogP contribution in [0.15, 0.2) is 35.2 Å². The predicted molar refractivity (Wildman–Crippen MR) is 54.1 cm³/mol. The van der Waals surface area contributed by atoms with Gasteiger partial charge in [-0.2, -0.15) is 4.98 Å². The van der Waals surface area contributed by atoms with Gasteiger partial charge in [-0.25, -0.2) is 0 Å². The smallest absolute Gasteiger partial charge is 0.214 e. The van der Waals surface area contributed by atoms with Gasteiger partial charge in [-0.15, -0.1) is 0 Å². The van der Waals surface area contributed by atoms with E-state index in [4.69, 9.17) is 5.73 Å². The summed E-state index contributed by atoms with van der Waals surface area (Å²) in [6.07, 6.45) is 4.88. The molecule has 1 aromatic heterocycles. The molecule has 2 N–H and O–H groups in total. The van der Waals surface area contributed by atoms with Gasteiger partial charge in [0.1, 0.15) is 0 Å². The summed E-state index contributed by atoms with van der Waals surface area (Å²) in [5, 5.41) is 3.65. The number of nitrogens with two attached hydrogens (primary N) is 1. The summed E-state index contributed by atoms with van der Waals surface area (Å²) in [6.45, 7) is 0. The highest BCUT2D eigenvalue weighted by molar-refractivity contribution is 5.73. The van der Waals surface area contributed by atoms with Crippen LogP contribution in [0.5, 0.6) is 0 Å². The molecule has 0 aliphatic heterocycles. The normalized spacial score (nSPS) is 10.9. The number of hydrogen-bond acceptors (Lipinski definition) is 4. The molecule has 1 heterocycles. The monoisotopic (exact) mass is 187 g/mol. The average molecular weight is 187 g/mol. The largest absolute Gasteiger partial charge is 0.398 e. The van der Waals surface area contributed by atoms with Crippen molar-refractivity contribution < 1.29 is 4.52 Å². The van der Waals surface area contributed by atoms with Crippen molar-refractivity contribution in [2.75, 3.05) is 5.73 Å². The maximum atomic E-state index is 5.74. The molecule has 2 aromatic rings. The molecule has 0 amide bonds. The van der Waals surface area contributed by atoms with Gasteiger partial charge in [0.05, 0.1) is 0 Å². The van der Waals surface area contributed by atoms with Crippen molar-refractivity contribution in [1.82, 2.24) is 10.1 Å². The molecule has 0 saturated carbocycles. The van der Waals surface area contributed by atoms with Gasteiger partial charge in [-0.1, -0.05) is 23.4 Å². The summed E-state index contributed by atoms with van der Waals surface area (Å²) >= 11 is 0. The summed E-state index contributed by atoms with van der Waals surface area (Å²) in [6, 6.07) is 7.58. The van der Waals surface area contributed by atoms with E-state index in [-0.39, 0.29) is 0 Å². The molecule has 2 rings (SSSR count). The molecule has 14 heavy (non-hydrogen) atoms. The number of nitrogen functional groups attached to an aromatic ring is 1. The second-order valence-corrected chi connectivity index (χ2v) is 2.75. The van der Waals surface area contributed by atoms with Crippen LogP contribution in [0.25, 0.3) is 12.2 Å². The fourth-order valence-corrected chi connectivity index (χ4v) is 1.08. The molecule has 70 valence electrons. The Balaban J connectivity index is 2.23. The lowest BCUT2D eigenvalue weighted by Gasteiger charge is -1.96. The minimum absolute atomic E-state index is 0.535. The highest BCUT2D eigenvalue weighted by Gasteiger charge is 1.94. The number of rotatable bonds is 2. The summed E-state index contributed by atoms with van der Waals surface area (Å²) in [5.41, 5.74) is 7.42. The fraction of sp³-hybridized carbons (Fsp3) is 0. The molecule has 0 unspecified atom stereocenters. The Morgan fingerprint density at radius 3 is 2.79 bits per heavy atom. The van der Waals surface area contributed by atoms with Crippen LogP contribution in [-0.2, 0) is 0 Å². The summed E-state index contributed by atoms with van der Waals surface area (Å²) in [7, 11) is 0. The van der Waals surface area contributed by atoms with E-state index in [1.165, 1.54) is 6.39 Å². The van der Waals surface area contributed by atoms with Gasteiger partial charge >= 0.3 is 0 Å². The van der Waals surface area contributed by atoms with Gasteiger partial charge < -0.3 is 10.3 Å². The maximum Gasteiger partial charge on any atom is 0.214 e. The zero-order valence-electron chi connectivity index (χ0n) is 7.42. The van der Waals surface area contributed by atoms with Crippen molar-refractivity contribution in [3.63, 3.8) is 0 Å². The zero-order chi connectivity index (χ0) is 9.80. The first-order valence-electron chi connectivity index (χ1n) is 4.15. The quantitative estimate of drug-likeness (QED) is 0.728. The molecule has 0 radical (unpaired) electrons. The molecular weight excluding hydrogens is 178 g/mol. The van der Waals surface area contributed by atoms with Crippen molar-refractivity contribution in [1.29, 1.82) is 0 Å². The van der Waals surface area contributed by atoms with Gasteiger partial charge in [-0.3, -0.25) is 0 Å². The molecular formula is C10H9N3O. The summed E-state index contributed by atoms with van der Waals surface area (Å²) < 4.78 is 4.59. The van der Waals surface area contributed by atoms with E-state index in [0.29, 0.717) is 5.82 Å². The standard InChI is InChI=1S/C10H9N3O/c11-9-4-2-1-3-8(9)5-6-10-12-7-14-13-10/h1-7H,11H2/b6-5+. The first kappa shape index (κ1) is 8.50. The van der Waals surface area contributed by atoms with Crippen molar-refractivity contribution in [2.45, 2.75) is 0 Å². The minimum atomic E-state index is 0.535. The van der Waals surface area contributed by atoms with Crippen LogP contribution in [-0.4, -0.2) is 10.1 Å². The molecule has 0 bridgehead atoms. The number of benzene rings is 1. The molecule has 4 heteroatoms. The Hall–Kier alpha value is -2.10. The number of nitrogens with zero attached hydrogens (tertiary/aromatic N) is 2. The van der Waals surface area contributed by atoms with Crippen molar-refractivity contribution in [3.8, 4) is 0 Å². The predicted octanol–water partition coefficient (Wildman–Crippen LogP) is 1.82. The number of hydrogen-bond donors (Lipinski definition) is 1. The Kier molecular flexibility index (Phi) is 2.27. The minimum Gasteiger partial charge on any atom is -0.398 e. The van der Waals surface area contributed by atoms with Crippen LogP contribution < -0.4 is 5.73 Å². The molecule has 0 aliphatic rings. The lowest BCUT2D eigenvalue weighted by Crippen LogP contribution is -1.87. The fourth-order valence-electron chi connectivity index (χ4n) is 1.08. The molecule has 0 spiro atoms. The highest BCUT2D eigenvalue weighted by Crippen LogP contribution is 2.13. The van der Waals surface area contributed by atoms with Crippen LogP contribution in [0.3, 0.4) is 0 Å². The second kappa shape index (κ2) is 3.74. The van der Waals surface area contributed by atoms with Gasteiger partial charge in [0, 0.05) is 5.69 Å². The number of anilines is 1. The van der Waals surface area contributed by atoms with Crippen molar-refractivity contribution in [3.05, 3.63) is 42.0 Å². The van der Waals surface area contributed by atoms with Crippen molar-refractivity contribution in [2.24, 2.45) is 0 Å². The van der Waals surface area contributed by atoms with Gasteiger partial charge in [0.25, 0.3) is 0 Å². The Morgan fingerprint density at radius 2 is 2.07 bits per heavy atom. The van der Waals surface area contributed by atoms with Crippen LogP contribution in [0, 0.1) is 0 Å². The van der Waals surface area contributed by atoms with E-state index >= 15 is 0 Å². The molecule has 0 aliphatic carbocycles. The van der Waals surface area contributed by atoms with Crippen LogP contribution in [0.1, 0.15) is 11.4 Å². The van der Waals surface area contributed by atoms with Crippen LogP contribution in [0.2, 0.25) is 0 Å². The summed E-state index contributed by atoms with van der Waals surface area (Å²) in [4.78, 5) is 3.86. The van der Waals surface area contributed by atoms with Gasteiger partial charge in [-0.05, 0) is 23.8 Å². The van der Waals surface area contributed by atoms with E-state index in [0.717, 1.165) is 11.3 Å². The lowest BCUT2D eigenvalue weighted by atomic mass is 10.1. The third kappa shape index (κ3) is 1.80. The number of aromatic nitrogens is 2. The maximum absolute atomic E-state index is 5.74.